The van der Waals surface area contributed by atoms with Gasteiger partial charge < -0.3 is 5.73 Å². The molecule has 0 spiro atoms. The molecule has 0 amide bonds. The Morgan fingerprint density at radius 1 is 1.00 bits per heavy atom. The van der Waals surface area contributed by atoms with Gasteiger partial charge in [-0.15, -0.1) is 0 Å². The van der Waals surface area contributed by atoms with E-state index in [1.165, 1.54) is 32.1 Å². The Bertz CT molecular complexity index is 199. The maximum Gasteiger partial charge on any atom is 0.121 e. The summed E-state index contributed by atoms with van der Waals surface area (Å²) in [5, 5.41) is 3.81. The van der Waals surface area contributed by atoms with Gasteiger partial charge in [0.1, 0.15) is 5.82 Å². The van der Waals surface area contributed by atoms with E-state index in [1.54, 1.807) is 24.0 Å². The molecular formula is C15H35N3. The SMILES string of the molecule is CC.CC.CCCCCCC.Cn1nccc1N. The van der Waals surface area contributed by atoms with Crippen molar-refractivity contribution in [2.45, 2.75) is 73.6 Å². The molecule has 0 radical (unpaired) electrons. The fraction of sp³-hybridized carbons (Fsp3) is 0.800. The maximum atomic E-state index is 5.34. The summed E-state index contributed by atoms with van der Waals surface area (Å²) in [6.45, 7) is 12.5. The highest BCUT2D eigenvalue weighted by molar-refractivity contribution is 5.24. The molecule has 0 aliphatic rings. The van der Waals surface area contributed by atoms with E-state index in [9.17, 15) is 0 Å². The Morgan fingerprint density at radius 2 is 1.44 bits per heavy atom. The Kier molecular flexibility index (Phi) is 26.3. The Morgan fingerprint density at radius 3 is 1.61 bits per heavy atom. The van der Waals surface area contributed by atoms with E-state index < -0.39 is 0 Å². The average Bonchev–Trinajstić information content (AvgIpc) is 2.80. The van der Waals surface area contributed by atoms with Gasteiger partial charge in [-0.05, 0) is 6.07 Å². The van der Waals surface area contributed by atoms with E-state index in [-0.39, 0.29) is 0 Å². The molecule has 0 aromatic carbocycles. The van der Waals surface area contributed by atoms with Gasteiger partial charge in [-0.3, -0.25) is 4.68 Å². The van der Waals surface area contributed by atoms with E-state index in [0.29, 0.717) is 5.82 Å². The van der Waals surface area contributed by atoms with Crippen LogP contribution in [0.2, 0.25) is 0 Å². The van der Waals surface area contributed by atoms with Gasteiger partial charge in [0.2, 0.25) is 0 Å². The Balaban J connectivity index is -0.000000196. The van der Waals surface area contributed by atoms with Gasteiger partial charge in [-0.25, -0.2) is 0 Å². The molecule has 0 aliphatic carbocycles. The van der Waals surface area contributed by atoms with E-state index in [0.717, 1.165) is 0 Å². The van der Waals surface area contributed by atoms with Crippen LogP contribution in [-0.2, 0) is 7.05 Å². The molecule has 18 heavy (non-hydrogen) atoms. The number of nitrogen functional groups attached to an aromatic ring is 1. The number of hydrogen-bond acceptors (Lipinski definition) is 2. The molecule has 2 N–H and O–H groups in total. The third-order valence-corrected chi connectivity index (χ3v) is 2.07. The van der Waals surface area contributed by atoms with Gasteiger partial charge in [0.05, 0.1) is 6.20 Å². The quantitative estimate of drug-likeness (QED) is 0.769. The van der Waals surface area contributed by atoms with Gasteiger partial charge in [0.15, 0.2) is 0 Å². The van der Waals surface area contributed by atoms with Crippen molar-refractivity contribution in [2.75, 3.05) is 5.73 Å². The monoisotopic (exact) mass is 257 g/mol. The molecular weight excluding hydrogens is 222 g/mol. The lowest BCUT2D eigenvalue weighted by molar-refractivity contribution is 0.656. The number of unbranched alkanes of at least 4 members (excludes halogenated alkanes) is 4. The van der Waals surface area contributed by atoms with Crippen LogP contribution in [0.4, 0.5) is 5.82 Å². The maximum absolute atomic E-state index is 5.34. The number of nitrogens with zero attached hydrogens (tertiary/aromatic N) is 2. The summed E-state index contributed by atoms with van der Waals surface area (Å²) in [5.74, 6) is 0.694. The number of hydrogen-bond donors (Lipinski definition) is 1. The first-order valence-electron chi connectivity index (χ1n) is 7.45. The van der Waals surface area contributed by atoms with Crippen LogP contribution in [0.3, 0.4) is 0 Å². The van der Waals surface area contributed by atoms with Crippen LogP contribution >= 0.6 is 0 Å². The Labute approximate surface area is 115 Å². The molecule has 0 fully saturated rings. The second kappa shape index (κ2) is 21.3. The molecule has 0 bridgehead atoms. The number of aryl methyl sites for hydroxylation is 1. The summed E-state index contributed by atoms with van der Waals surface area (Å²) in [6, 6.07) is 1.75. The van der Waals surface area contributed by atoms with Crippen molar-refractivity contribution in [3.63, 3.8) is 0 Å². The number of aromatic nitrogens is 2. The van der Waals surface area contributed by atoms with Crippen molar-refractivity contribution in [1.82, 2.24) is 9.78 Å². The van der Waals surface area contributed by atoms with Crippen LogP contribution < -0.4 is 5.73 Å². The fourth-order valence-corrected chi connectivity index (χ4v) is 1.06. The van der Waals surface area contributed by atoms with Crippen molar-refractivity contribution < 1.29 is 0 Å². The van der Waals surface area contributed by atoms with E-state index in [2.05, 4.69) is 18.9 Å². The highest BCUT2D eigenvalue weighted by atomic mass is 15.3. The molecule has 0 unspecified atom stereocenters. The van der Waals surface area contributed by atoms with E-state index in [4.69, 9.17) is 5.73 Å². The lowest BCUT2D eigenvalue weighted by Gasteiger charge is -1.90. The molecule has 1 rings (SSSR count). The van der Waals surface area contributed by atoms with Crippen molar-refractivity contribution in [3.05, 3.63) is 12.3 Å². The smallest absolute Gasteiger partial charge is 0.121 e. The first-order valence-corrected chi connectivity index (χ1v) is 7.45. The minimum atomic E-state index is 0.694. The zero-order valence-electron chi connectivity index (χ0n) is 13.7. The van der Waals surface area contributed by atoms with E-state index in [1.807, 2.05) is 27.7 Å². The second-order valence-corrected chi connectivity index (χ2v) is 3.44. The molecule has 0 atom stereocenters. The molecule has 1 aromatic heterocycles. The first kappa shape index (κ1) is 22.2. The summed E-state index contributed by atoms with van der Waals surface area (Å²) in [6.07, 6.45) is 8.67. The molecule has 0 aliphatic heterocycles. The van der Waals surface area contributed by atoms with Crippen LogP contribution in [-0.4, -0.2) is 9.78 Å². The predicted molar refractivity (Wildman–Crippen MR) is 84.7 cm³/mol. The van der Waals surface area contributed by atoms with Crippen molar-refractivity contribution >= 4 is 5.82 Å². The number of anilines is 1. The van der Waals surface area contributed by atoms with Crippen LogP contribution in [0.5, 0.6) is 0 Å². The molecule has 1 heterocycles. The molecule has 0 saturated carbocycles. The van der Waals surface area contributed by atoms with Gasteiger partial charge in [-0.2, -0.15) is 5.10 Å². The third-order valence-electron chi connectivity index (χ3n) is 2.07. The number of nitrogens with two attached hydrogens (primary N) is 1. The average molecular weight is 257 g/mol. The summed E-state index contributed by atoms with van der Waals surface area (Å²) in [7, 11) is 1.80. The minimum absolute atomic E-state index is 0.694. The van der Waals surface area contributed by atoms with Crippen LogP contribution in [0.25, 0.3) is 0 Å². The first-order chi connectivity index (χ1) is 8.72. The summed E-state index contributed by atoms with van der Waals surface area (Å²) in [4.78, 5) is 0. The third kappa shape index (κ3) is 17.4. The predicted octanol–water partition coefficient (Wildman–Crippen LogP) is 5.03. The van der Waals surface area contributed by atoms with Crippen LogP contribution in [0.1, 0.15) is 73.6 Å². The Hall–Kier alpha value is -0.990. The molecule has 3 nitrogen and oxygen atoms in total. The summed E-state index contributed by atoms with van der Waals surface area (Å²) in [5.41, 5.74) is 5.34. The molecule has 1 aromatic rings. The summed E-state index contributed by atoms with van der Waals surface area (Å²) >= 11 is 0. The van der Waals surface area contributed by atoms with Crippen LogP contribution in [0.15, 0.2) is 12.3 Å². The topological polar surface area (TPSA) is 43.8 Å². The van der Waals surface area contributed by atoms with Gasteiger partial charge in [0, 0.05) is 7.05 Å². The molecule has 3 heteroatoms. The van der Waals surface area contributed by atoms with Crippen molar-refractivity contribution in [1.29, 1.82) is 0 Å². The van der Waals surface area contributed by atoms with E-state index >= 15 is 0 Å². The van der Waals surface area contributed by atoms with Gasteiger partial charge >= 0.3 is 0 Å². The largest absolute Gasteiger partial charge is 0.384 e. The van der Waals surface area contributed by atoms with Crippen molar-refractivity contribution in [2.24, 2.45) is 7.05 Å². The van der Waals surface area contributed by atoms with Crippen LogP contribution in [0, 0.1) is 0 Å². The van der Waals surface area contributed by atoms with Gasteiger partial charge in [-0.1, -0.05) is 73.6 Å². The lowest BCUT2D eigenvalue weighted by Crippen LogP contribution is -1.95. The normalized spacial score (nSPS) is 7.94. The zero-order valence-corrected chi connectivity index (χ0v) is 13.7. The highest BCUT2D eigenvalue weighted by Gasteiger charge is 1.84. The molecule has 110 valence electrons. The molecule has 0 saturated heterocycles. The second-order valence-electron chi connectivity index (χ2n) is 3.44. The number of rotatable bonds is 4. The summed E-state index contributed by atoms with van der Waals surface area (Å²) < 4.78 is 1.61. The lowest BCUT2D eigenvalue weighted by atomic mass is 10.2. The minimum Gasteiger partial charge on any atom is -0.384 e. The van der Waals surface area contributed by atoms with Gasteiger partial charge in [0.25, 0.3) is 0 Å². The highest BCUT2D eigenvalue weighted by Crippen LogP contribution is 2.00. The fourth-order valence-electron chi connectivity index (χ4n) is 1.06. The van der Waals surface area contributed by atoms with Crippen molar-refractivity contribution in [3.8, 4) is 0 Å². The standard InChI is InChI=1S/C7H16.C4H7N3.2C2H6/c1-3-5-7-6-4-2;1-7-4(5)2-3-6-7;2*1-2/h3-7H2,1-2H3;2-3H,5H2,1H3;2*1-2H3. The zero-order chi connectivity index (χ0) is 14.8.